The van der Waals surface area contributed by atoms with Gasteiger partial charge in [0, 0.05) is 16.8 Å². The van der Waals surface area contributed by atoms with Crippen LogP contribution in [0.3, 0.4) is 0 Å². The molecule has 0 aliphatic rings. The minimum atomic E-state index is -0.774. The number of aromatic nitrogens is 1. The second-order valence-electron chi connectivity index (χ2n) is 4.14. The second-order valence-corrected chi connectivity index (χ2v) is 4.55. The number of aliphatic hydroxyl groups is 1. The molecule has 1 aromatic carbocycles. The molecular formula is C14H14ClNO. The zero-order valence-corrected chi connectivity index (χ0v) is 10.6. The van der Waals surface area contributed by atoms with Crippen molar-refractivity contribution in [3.8, 4) is 0 Å². The van der Waals surface area contributed by atoms with E-state index in [0.717, 1.165) is 11.1 Å². The van der Waals surface area contributed by atoms with E-state index in [2.05, 4.69) is 4.98 Å². The molecule has 88 valence electrons. The minimum absolute atomic E-state index is 0.557. The third-order valence-corrected chi connectivity index (χ3v) is 3.06. The van der Waals surface area contributed by atoms with E-state index in [1.54, 1.807) is 12.3 Å². The first kappa shape index (κ1) is 12.1. The summed E-state index contributed by atoms with van der Waals surface area (Å²) >= 11 is 6.06. The first-order valence-electron chi connectivity index (χ1n) is 5.45. The van der Waals surface area contributed by atoms with Crippen molar-refractivity contribution in [3.05, 3.63) is 63.9 Å². The van der Waals surface area contributed by atoms with Gasteiger partial charge in [-0.25, -0.2) is 0 Å². The summed E-state index contributed by atoms with van der Waals surface area (Å²) < 4.78 is 0. The molecule has 1 atom stereocenters. The van der Waals surface area contributed by atoms with Crippen LogP contribution in [0.2, 0.25) is 5.02 Å². The third-order valence-electron chi connectivity index (χ3n) is 2.71. The summed E-state index contributed by atoms with van der Waals surface area (Å²) in [4.78, 5) is 4.29. The molecule has 2 rings (SSSR count). The van der Waals surface area contributed by atoms with Crippen molar-refractivity contribution >= 4 is 11.6 Å². The van der Waals surface area contributed by atoms with Crippen molar-refractivity contribution in [1.82, 2.24) is 4.98 Å². The number of halogens is 1. The van der Waals surface area contributed by atoms with E-state index in [4.69, 9.17) is 11.6 Å². The predicted molar refractivity (Wildman–Crippen MR) is 69.2 cm³/mol. The fourth-order valence-electron chi connectivity index (χ4n) is 1.86. The smallest absolute Gasteiger partial charge is 0.123 e. The highest BCUT2D eigenvalue weighted by Gasteiger charge is 2.16. The van der Waals surface area contributed by atoms with Crippen LogP contribution in [0.4, 0.5) is 0 Å². The Labute approximate surface area is 106 Å². The van der Waals surface area contributed by atoms with Gasteiger partial charge in [-0.1, -0.05) is 35.9 Å². The molecule has 0 aliphatic carbocycles. The quantitative estimate of drug-likeness (QED) is 0.882. The van der Waals surface area contributed by atoms with Gasteiger partial charge in [-0.05, 0) is 31.0 Å². The van der Waals surface area contributed by atoms with Gasteiger partial charge in [0.15, 0.2) is 0 Å². The fraction of sp³-hybridized carbons (Fsp3) is 0.214. The molecule has 1 aromatic heterocycles. The van der Waals surface area contributed by atoms with Crippen molar-refractivity contribution in [1.29, 1.82) is 0 Å². The van der Waals surface area contributed by atoms with Gasteiger partial charge in [-0.3, -0.25) is 4.98 Å². The van der Waals surface area contributed by atoms with Crippen LogP contribution in [-0.2, 0) is 0 Å². The van der Waals surface area contributed by atoms with Crippen molar-refractivity contribution in [2.24, 2.45) is 0 Å². The Morgan fingerprint density at radius 1 is 1.24 bits per heavy atom. The van der Waals surface area contributed by atoms with E-state index in [1.165, 1.54) is 0 Å². The van der Waals surface area contributed by atoms with Crippen LogP contribution < -0.4 is 0 Å². The van der Waals surface area contributed by atoms with Crippen LogP contribution >= 0.6 is 11.6 Å². The molecule has 0 saturated carbocycles. The van der Waals surface area contributed by atoms with Gasteiger partial charge in [0.1, 0.15) is 6.10 Å². The van der Waals surface area contributed by atoms with Gasteiger partial charge in [0.25, 0.3) is 0 Å². The van der Waals surface area contributed by atoms with Crippen LogP contribution in [0.1, 0.15) is 28.5 Å². The summed E-state index contributed by atoms with van der Waals surface area (Å²) in [6, 6.07) is 9.28. The summed E-state index contributed by atoms with van der Waals surface area (Å²) in [5.74, 6) is 0. The van der Waals surface area contributed by atoms with Crippen LogP contribution in [0.5, 0.6) is 0 Å². The molecule has 0 aliphatic heterocycles. The molecule has 1 heterocycles. The number of hydrogen-bond donors (Lipinski definition) is 1. The summed E-state index contributed by atoms with van der Waals surface area (Å²) in [7, 11) is 0. The van der Waals surface area contributed by atoms with Crippen molar-refractivity contribution < 1.29 is 5.11 Å². The topological polar surface area (TPSA) is 33.1 Å². The fourth-order valence-corrected chi connectivity index (χ4v) is 2.10. The Kier molecular flexibility index (Phi) is 3.46. The maximum atomic E-state index is 10.3. The lowest BCUT2D eigenvalue weighted by atomic mass is 10.0. The van der Waals surface area contributed by atoms with Gasteiger partial charge in [-0.2, -0.15) is 0 Å². The van der Waals surface area contributed by atoms with E-state index in [-0.39, 0.29) is 0 Å². The standard InChI is InChI=1S/C14H14ClNO/c1-9-7-10(2)13(16-8-9)14(17)11-5-3-4-6-12(11)15/h3-8,14,17H,1-2H3. The summed E-state index contributed by atoms with van der Waals surface area (Å²) in [6.45, 7) is 3.92. The molecule has 3 heteroatoms. The Balaban J connectivity index is 2.44. The monoisotopic (exact) mass is 247 g/mol. The second kappa shape index (κ2) is 4.86. The number of hydrogen-bond acceptors (Lipinski definition) is 2. The summed E-state index contributed by atoms with van der Waals surface area (Å²) in [5, 5.41) is 10.9. The number of aliphatic hydroxyl groups excluding tert-OH is 1. The first-order chi connectivity index (χ1) is 8.09. The average molecular weight is 248 g/mol. The molecule has 1 N–H and O–H groups in total. The van der Waals surface area contributed by atoms with Crippen LogP contribution in [0, 0.1) is 13.8 Å². The van der Waals surface area contributed by atoms with Crippen LogP contribution in [-0.4, -0.2) is 10.1 Å². The molecule has 0 spiro atoms. The van der Waals surface area contributed by atoms with Crippen LogP contribution in [0.15, 0.2) is 36.5 Å². The molecule has 0 fully saturated rings. The maximum absolute atomic E-state index is 10.3. The molecule has 2 nitrogen and oxygen atoms in total. The number of pyridine rings is 1. The summed E-state index contributed by atoms with van der Waals surface area (Å²) in [6.07, 6.45) is 0.979. The zero-order valence-electron chi connectivity index (χ0n) is 9.81. The molecule has 17 heavy (non-hydrogen) atoms. The Hall–Kier alpha value is -1.38. The van der Waals surface area contributed by atoms with Crippen LogP contribution in [0.25, 0.3) is 0 Å². The molecule has 1 unspecified atom stereocenters. The molecule has 0 saturated heterocycles. The molecule has 0 bridgehead atoms. The van der Waals surface area contributed by atoms with E-state index in [9.17, 15) is 5.11 Å². The lowest BCUT2D eigenvalue weighted by Crippen LogP contribution is -2.05. The predicted octanol–water partition coefficient (Wildman–Crippen LogP) is 3.43. The summed E-state index contributed by atoms with van der Waals surface area (Å²) in [5.41, 5.74) is 3.40. The van der Waals surface area contributed by atoms with Gasteiger partial charge in [0.05, 0.1) is 5.69 Å². The third kappa shape index (κ3) is 2.48. The number of rotatable bonds is 2. The van der Waals surface area contributed by atoms with E-state index in [1.807, 2.05) is 38.1 Å². The molecule has 0 amide bonds. The molecule has 0 radical (unpaired) electrons. The Morgan fingerprint density at radius 2 is 1.94 bits per heavy atom. The number of aryl methyl sites for hydroxylation is 2. The lowest BCUT2D eigenvalue weighted by Gasteiger charge is -2.14. The highest BCUT2D eigenvalue weighted by Crippen LogP contribution is 2.28. The van der Waals surface area contributed by atoms with Crippen molar-refractivity contribution in [2.75, 3.05) is 0 Å². The van der Waals surface area contributed by atoms with E-state index < -0.39 is 6.10 Å². The van der Waals surface area contributed by atoms with E-state index in [0.29, 0.717) is 16.3 Å². The highest BCUT2D eigenvalue weighted by atomic mass is 35.5. The normalized spacial score (nSPS) is 12.5. The zero-order chi connectivity index (χ0) is 12.4. The number of benzene rings is 1. The van der Waals surface area contributed by atoms with Gasteiger partial charge in [-0.15, -0.1) is 0 Å². The molecular weight excluding hydrogens is 234 g/mol. The molecule has 2 aromatic rings. The average Bonchev–Trinajstić information content (AvgIpc) is 2.29. The largest absolute Gasteiger partial charge is 0.382 e. The highest BCUT2D eigenvalue weighted by molar-refractivity contribution is 6.31. The first-order valence-corrected chi connectivity index (χ1v) is 5.83. The van der Waals surface area contributed by atoms with Gasteiger partial charge in [0.2, 0.25) is 0 Å². The van der Waals surface area contributed by atoms with Gasteiger partial charge < -0.3 is 5.11 Å². The van der Waals surface area contributed by atoms with Crippen molar-refractivity contribution in [2.45, 2.75) is 20.0 Å². The Bertz CT molecular complexity index is 539. The Morgan fingerprint density at radius 3 is 2.59 bits per heavy atom. The SMILES string of the molecule is Cc1cnc(C(O)c2ccccc2Cl)c(C)c1. The van der Waals surface area contributed by atoms with Crippen molar-refractivity contribution in [3.63, 3.8) is 0 Å². The van der Waals surface area contributed by atoms with Gasteiger partial charge >= 0.3 is 0 Å². The lowest BCUT2D eigenvalue weighted by molar-refractivity contribution is 0.214. The number of nitrogens with zero attached hydrogens (tertiary/aromatic N) is 1. The van der Waals surface area contributed by atoms with E-state index >= 15 is 0 Å². The maximum Gasteiger partial charge on any atom is 0.123 e. The minimum Gasteiger partial charge on any atom is -0.382 e.